The molecule has 0 atom stereocenters. The molecule has 1 aliphatic rings. The van der Waals surface area contributed by atoms with Gasteiger partial charge in [0.1, 0.15) is 0 Å². The third kappa shape index (κ3) is 1.12. The zero-order chi connectivity index (χ0) is 9.54. The van der Waals surface area contributed by atoms with Gasteiger partial charge in [-0.1, -0.05) is 46.3 Å². The van der Waals surface area contributed by atoms with Gasteiger partial charge >= 0.3 is 0 Å². The fourth-order valence-corrected chi connectivity index (χ4v) is 2.46. The van der Waals surface area contributed by atoms with Crippen LogP contribution in [0.2, 0.25) is 0 Å². The lowest BCUT2D eigenvalue weighted by atomic mass is 10.1. The molecule has 0 radical (unpaired) electrons. The molecule has 0 amide bonds. The highest BCUT2D eigenvalue weighted by Gasteiger charge is 2.16. The standard InChI is InChI=1S/C13H9Br/c14-11-6-5-10-7-9-3-1-2-4-12(9)13(10)8-11/h1-6,8H,7H2. The van der Waals surface area contributed by atoms with E-state index in [0.29, 0.717) is 0 Å². The molecule has 0 aromatic heterocycles. The molecule has 1 heteroatoms. The number of benzene rings is 2. The highest BCUT2D eigenvalue weighted by atomic mass is 79.9. The Morgan fingerprint density at radius 1 is 0.857 bits per heavy atom. The van der Waals surface area contributed by atoms with Gasteiger partial charge in [-0.25, -0.2) is 0 Å². The molecule has 1 aliphatic carbocycles. The summed E-state index contributed by atoms with van der Waals surface area (Å²) in [6, 6.07) is 15.2. The second-order valence-corrected chi connectivity index (χ2v) is 4.55. The minimum Gasteiger partial charge on any atom is -0.0619 e. The van der Waals surface area contributed by atoms with Crippen LogP contribution < -0.4 is 0 Å². The molecule has 14 heavy (non-hydrogen) atoms. The average molecular weight is 245 g/mol. The molecule has 68 valence electrons. The van der Waals surface area contributed by atoms with Crippen LogP contribution in [0.25, 0.3) is 11.1 Å². The summed E-state index contributed by atoms with van der Waals surface area (Å²) in [4.78, 5) is 0. The lowest BCUT2D eigenvalue weighted by molar-refractivity contribution is 1.26. The van der Waals surface area contributed by atoms with Crippen LogP contribution >= 0.6 is 15.9 Å². The highest BCUT2D eigenvalue weighted by molar-refractivity contribution is 9.10. The van der Waals surface area contributed by atoms with E-state index in [2.05, 4.69) is 58.4 Å². The van der Waals surface area contributed by atoms with Gasteiger partial charge in [0.2, 0.25) is 0 Å². The first-order valence-electron chi connectivity index (χ1n) is 4.71. The van der Waals surface area contributed by atoms with Crippen molar-refractivity contribution in [2.24, 2.45) is 0 Å². The molecule has 0 fully saturated rings. The van der Waals surface area contributed by atoms with Gasteiger partial charge in [0.05, 0.1) is 0 Å². The average Bonchev–Trinajstić information content (AvgIpc) is 2.56. The largest absolute Gasteiger partial charge is 0.0619 e. The van der Waals surface area contributed by atoms with Crippen molar-refractivity contribution < 1.29 is 0 Å². The van der Waals surface area contributed by atoms with Gasteiger partial charge in [-0.3, -0.25) is 0 Å². The Morgan fingerprint density at radius 3 is 2.57 bits per heavy atom. The summed E-state index contributed by atoms with van der Waals surface area (Å²) < 4.78 is 1.16. The van der Waals surface area contributed by atoms with Crippen molar-refractivity contribution in [2.45, 2.75) is 6.42 Å². The van der Waals surface area contributed by atoms with Crippen molar-refractivity contribution in [3.63, 3.8) is 0 Å². The normalized spacial score (nSPS) is 12.4. The molecule has 0 spiro atoms. The molecular weight excluding hydrogens is 236 g/mol. The first-order chi connectivity index (χ1) is 6.84. The van der Waals surface area contributed by atoms with E-state index in [9.17, 15) is 0 Å². The van der Waals surface area contributed by atoms with Crippen molar-refractivity contribution in [2.75, 3.05) is 0 Å². The minimum absolute atomic E-state index is 1.08. The number of hydrogen-bond donors (Lipinski definition) is 0. The number of hydrogen-bond acceptors (Lipinski definition) is 0. The molecular formula is C13H9Br. The zero-order valence-electron chi connectivity index (χ0n) is 7.63. The Labute approximate surface area is 91.7 Å². The lowest BCUT2D eigenvalue weighted by Gasteiger charge is -2.00. The molecule has 0 saturated carbocycles. The summed E-state index contributed by atoms with van der Waals surface area (Å²) >= 11 is 3.52. The summed E-state index contributed by atoms with van der Waals surface area (Å²) in [6.45, 7) is 0. The van der Waals surface area contributed by atoms with Crippen LogP contribution in [-0.2, 0) is 6.42 Å². The maximum atomic E-state index is 3.52. The Hall–Kier alpha value is -1.08. The Morgan fingerprint density at radius 2 is 1.64 bits per heavy atom. The molecule has 3 rings (SSSR count). The van der Waals surface area contributed by atoms with Crippen molar-refractivity contribution >= 4 is 15.9 Å². The van der Waals surface area contributed by atoms with E-state index in [1.165, 1.54) is 22.3 Å². The summed E-state index contributed by atoms with van der Waals surface area (Å²) in [5, 5.41) is 0. The van der Waals surface area contributed by atoms with Crippen LogP contribution in [0, 0.1) is 0 Å². The number of rotatable bonds is 0. The fraction of sp³-hybridized carbons (Fsp3) is 0.0769. The predicted molar refractivity (Wildman–Crippen MR) is 62.4 cm³/mol. The summed E-state index contributed by atoms with van der Waals surface area (Å²) in [6.07, 6.45) is 1.08. The van der Waals surface area contributed by atoms with E-state index in [1.54, 1.807) is 0 Å². The zero-order valence-corrected chi connectivity index (χ0v) is 9.21. The van der Waals surface area contributed by atoms with Gasteiger partial charge in [-0.15, -0.1) is 0 Å². The quantitative estimate of drug-likeness (QED) is 0.561. The van der Waals surface area contributed by atoms with Gasteiger partial charge in [0.25, 0.3) is 0 Å². The van der Waals surface area contributed by atoms with Gasteiger partial charge in [0.15, 0.2) is 0 Å². The second-order valence-electron chi connectivity index (χ2n) is 3.64. The van der Waals surface area contributed by atoms with Crippen LogP contribution in [0.5, 0.6) is 0 Å². The van der Waals surface area contributed by atoms with Crippen LogP contribution in [0.3, 0.4) is 0 Å². The van der Waals surface area contributed by atoms with Crippen molar-refractivity contribution in [3.05, 3.63) is 58.1 Å². The van der Waals surface area contributed by atoms with E-state index in [0.717, 1.165) is 10.9 Å². The summed E-state index contributed by atoms with van der Waals surface area (Å²) in [5.41, 5.74) is 5.66. The van der Waals surface area contributed by atoms with E-state index in [-0.39, 0.29) is 0 Å². The SMILES string of the molecule is Brc1ccc2c(c1)-c1ccccc1C2. The van der Waals surface area contributed by atoms with Crippen molar-refractivity contribution in [3.8, 4) is 11.1 Å². The molecule has 0 aliphatic heterocycles. The van der Waals surface area contributed by atoms with Gasteiger partial charge in [-0.2, -0.15) is 0 Å². The maximum Gasteiger partial charge on any atom is 0.0181 e. The number of halogens is 1. The predicted octanol–water partition coefficient (Wildman–Crippen LogP) is 4.02. The third-order valence-corrected chi connectivity index (χ3v) is 3.25. The second kappa shape index (κ2) is 2.96. The van der Waals surface area contributed by atoms with Crippen molar-refractivity contribution in [1.29, 1.82) is 0 Å². The Kier molecular flexibility index (Phi) is 1.74. The topological polar surface area (TPSA) is 0 Å². The molecule has 0 heterocycles. The minimum atomic E-state index is 1.08. The Bertz CT molecular complexity index is 500. The molecule has 0 unspecified atom stereocenters. The highest BCUT2D eigenvalue weighted by Crippen LogP contribution is 2.37. The summed E-state index contributed by atoms with van der Waals surface area (Å²) in [5.74, 6) is 0. The van der Waals surface area contributed by atoms with E-state index < -0.39 is 0 Å². The van der Waals surface area contributed by atoms with Crippen LogP contribution in [0.15, 0.2) is 46.9 Å². The third-order valence-electron chi connectivity index (χ3n) is 2.76. The fourth-order valence-electron chi connectivity index (χ4n) is 2.10. The molecule has 2 aromatic rings. The van der Waals surface area contributed by atoms with Crippen LogP contribution in [0.4, 0.5) is 0 Å². The van der Waals surface area contributed by atoms with Gasteiger partial charge in [-0.05, 0) is 40.8 Å². The Balaban J connectivity index is 2.30. The molecule has 2 aromatic carbocycles. The van der Waals surface area contributed by atoms with E-state index in [1.807, 2.05) is 0 Å². The first-order valence-corrected chi connectivity index (χ1v) is 5.50. The molecule has 0 nitrogen and oxygen atoms in total. The molecule has 0 saturated heterocycles. The van der Waals surface area contributed by atoms with E-state index >= 15 is 0 Å². The van der Waals surface area contributed by atoms with Crippen LogP contribution in [0.1, 0.15) is 11.1 Å². The maximum absolute atomic E-state index is 3.52. The van der Waals surface area contributed by atoms with Gasteiger partial charge < -0.3 is 0 Å². The molecule has 0 bridgehead atoms. The molecule has 0 N–H and O–H groups in total. The van der Waals surface area contributed by atoms with Gasteiger partial charge in [0, 0.05) is 4.47 Å². The number of fused-ring (bicyclic) bond motifs is 3. The lowest BCUT2D eigenvalue weighted by Crippen LogP contribution is -1.78. The van der Waals surface area contributed by atoms with Crippen molar-refractivity contribution in [1.82, 2.24) is 0 Å². The monoisotopic (exact) mass is 244 g/mol. The summed E-state index contributed by atoms with van der Waals surface area (Å²) in [7, 11) is 0. The van der Waals surface area contributed by atoms with Crippen LogP contribution in [-0.4, -0.2) is 0 Å². The first kappa shape index (κ1) is 8.25. The van der Waals surface area contributed by atoms with E-state index in [4.69, 9.17) is 0 Å². The smallest absolute Gasteiger partial charge is 0.0181 e.